The topological polar surface area (TPSA) is 15.3 Å². The van der Waals surface area contributed by atoms with Crippen molar-refractivity contribution in [3.05, 3.63) is 29.3 Å². The van der Waals surface area contributed by atoms with E-state index in [2.05, 4.69) is 42.3 Å². The van der Waals surface area contributed by atoms with E-state index >= 15 is 0 Å². The molecule has 2 heterocycles. The maximum atomic E-state index is 3.61. The Labute approximate surface area is 104 Å². The van der Waals surface area contributed by atoms with Gasteiger partial charge in [-0.05, 0) is 57.8 Å². The molecule has 0 bridgehead atoms. The van der Waals surface area contributed by atoms with Crippen LogP contribution in [0.1, 0.15) is 43.4 Å². The second-order valence-corrected chi connectivity index (χ2v) is 5.63. The van der Waals surface area contributed by atoms with E-state index in [1.165, 1.54) is 49.2 Å². The van der Waals surface area contributed by atoms with E-state index in [-0.39, 0.29) is 0 Å². The average molecular weight is 230 g/mol. The highest BCUT2D eigenvalue weighted by Crippen LogP contribution is 2.38. The van der Waals surface area contributed by atoms with E-state index in [9.17, 15) is 0 Å². The van der Waals surface area contributed by atoms with Gasteiger partial charge >= 0.3 is 0 Å². The molecule has 2 aliphatic rings. The molecule has 92 valence electrons. The maximum absolute atomic E-state index is 3.61. The third kappa shape index (κ3) is 2.06. The van der Waals surface area contributed by atoms with Gasteiger partial charge in [0.15, 0.2) is 0 Å². The van der Waals surface area contributed by atoms with Gasteiger partial charge in [0.05, 0.1) is 0 Å². The summed E-state index contributed by atoms with van der Waals surface area (Å²) >= 11 is 0. The van der Waals surface area contributed by atoms with Gasteiger partial charge in [-0.15, -0.1) is 0 Å². The Kier molecular flexibility index (Phi) is 2.83. The summed E-state index contributed by atoms with van der Waals surface area (Å²) < 4.78 is 0. The van der Waals surface area contributed by atoms with Crippen molar-refractivity contribution in [1.82, 2.24) is 4.90 Å². The van der Waals surface area contributed by atoms with Crippen LogP contribution < -0.4 is 5.32 Å². The standard InChI is InChI=1S/C15H22N2/c1-11-5-6-14-13(9-11)15(10-12(2)16-14)17-7-3-4-8-17/h5-6,9,12,15-16H,3-4,7-8,10H2,1-2H3. The van der Waals surface area contributed by atoms with Crippen LogP contribution >= 0.6 is 0 Å². The number of anilines is 1. The van der Waals surface area contributed by atoms with Crippen LogP contribution in [-0.2, 0) is 0 Å². The first-order valence-corrected chi connectivity index (χ1v) is 6.85. The number of hydrogen-bond donors (Lipinski definition) is 1. The molecule has 3 rings (SSSR count). The van der Waals surface area contributed by atoms with Crippen molar-refractivity contribution in [3.63, 3.8) is 0 Å². The summed E-state index contributed by atoms with van der Waals surface area (Å²) in [5.74, 6) is 0. The second-order valence-electron chi connectivity index (χ2n) is 5.63. The van der Waals surface area contributed by atoms with E-state index in [0.29, 0.717) is 12.1 Å². The SMILES string of the molecule is Cc1ccc2c(c1)C(N1CCCC1)CC(C)N2. The van der Waals surface area contributed by atoms with E-state index < -0.39 is 0 Å². The number of rotatable bonds is 1. The van der Waals surface area contributed by atoms with Gasteiger partial charge in [-0.1, -0.05) is 17.7 Å². The molecule has 0 aromatic heterocycles. The summed E-state index contributed by atoms with van der Waals surface area (Å²) in [5.41, 5.74) is 4.25. The number of nitrogens with zero attached hydrogens (tertiary/aromatic N) is 1. The van der Waals surface area contributed by atoms with Crippen LogP contribution in [0.3, 0.4) is 0 Å². The molecular formula is C15H22N2. The first kappa shape index (κ1) is 11.1. The number of fused-ring (bicyclic) bond motifs is 1. The van der Waals surface area contributed by atoms with Crippen molar-refractivity contribution < 1.29 is 0 Å². The summed E-state index contributed by atoms with van der Waals surface area (Å²) in [4.78, 5) is 2.68. The molecule has 1 fully saturated rings. The lowest BCUT2D eigenvalue weighted by atomic mass is 9.91. The fraction of sp³-hybridized carbons (Fsp3) is 0.600. The van der Waals surface area contributed by atoms with Gasteiger partial charge in [-0.25, -0.2) is 0 Å². The summed E-state index contributed by atoms with van der Waals surface area (Å²) in [6, 6.07) is 8.07. The molecule has 0 amide bonds. The van der Waals surface area contributed by atoms with Crippen molar-refractivity contribution in [3.8, 4) is 0 Å². The van der Waals surface area contributed by atoms with Crippen molar-refractivity contribution in [2.75, 3.05) is 18.4 Å². The van der Waals surface area contributed by atoms with Crippen LogP contribution in [0.25, 0.3) is 0 Å². The minimum absolute atomic E-state index is 0.593. The van der Waals surface area contributed by atoms with Gasteiger partial charge in [0.2, 0.25) is 0 Å². The van der Waals surface area contributed by atoms with Gasteiger partial charge in [-0.2, -0.15) is 0 Å². The van der Waals surface area contributed by atoms with Crippen molar-refractivity contribution in [1.29, 1.82) is 0 Å². The zero-order valence-electron chi connectivity index (χ0n) is 10.9. The minimum Gasteiger partial charge on any atom is -0.382 e. The van der Waals surface area contributed by atoms with Gasteiger partial charge in [0.25, 0.3) is 0 Å². The average Bonchev–Trinajstić information content (AvgIpc) is 2.82. The molecule has 2 unspecified atom stereocenters. The quantitative estimate of drug-likeness (QED) is 0.796. The Balaban J connectivity index is 1.96. The van der Waals surface area contributed by atoms with Gasteiger partial charge in [0.1, 0.15) is 0 Å². The normalized spacial score (nSPS) is 28.8. The molecule has 2 atom stereocenters. The zero-order chi connectivity index (χ0) is 11.8. The zero-order valence-corrected chi connectivity index (χ0v) is 10.9. The molecule has 2 heteroatoms. The fourth-order valence-electron chi connectivity index (χ4n) is 3.27. The van der Waals surface area contributed by atoms with Crippen molar-refractivity contribution in [2.45, 2.75) is 45.2 Å². The molecule has 0 saturated carbocycles. The number of nitrogens with one attached hydrogen (secondary N) is 1. The van der Waals surface area contributed by atoms with Gasteiger partial charge < -0.3 is 5.32 Å². The van der Waals surface area contributed by atoms with Crippen LogP contribution in [0.5, 0.6) is 0 Å². The van der Waals surface area contributed by atoms with E-state index in [4.69, 9.17) is 0 Å². The molecule has 1 aromatic carbocycles. The Morgan fingerprint density at radius 1 is 1.24 bits per heavy atom. The highest BCUT2D eigenvalue weighted by atomic mass is 15.2. The number of benzene rings is 1. The lowest BCUT2D eigenvalue weighted by Crippen LogP contribution is -2.35. The molecule has 0 radical (unpaired) electrons. The maximum Gasteiger partial charge on any atom is 0.0391 e. The predicted molar refractivity (Wildman–Crippen MR) is 72.4 cm³/mol. The molecular weight excluding hydrogens is 208 g/mol. The van der Waals surface area contributed by atoms with Crippen LogP contribution in [0, 0.1) is 6.92 Å². The van der Waals surface area contributed by atoms with Crippen LogP contribution in [0.4, 0.5) is 5.69 Å². The van der Waals surface area contributed by atoms with Crippen molar-refractivity contribution >= 4 is 5.69 Å². The first-order chi connectivity index (χ1) is 8.24. The number of likely N-dealkylation sites (tertiary alicyclic amines) is 1. The third-order valence-electron chi connectivity index (χ3n) is 4.13. The molecule has 17 heavy (non-hydrogen) atoms. The smallest absolute Gasteiger partial charge is 0.0391 e. The van der Waals surface area contributed by atoms with Gasteiger partial charge in [0, 0.05) is 17.8 Å². The fourth-order valence-corrected chi connectivity index (χ4v) is 3.27. The van der Waals surface area contributed by atoms with E-state index in [1.54, 1.807) is 0 Å². The highest BCUT2D eigenvalue weighted by Gasteiger charge is 2.30. The Morgan fingerprint density at radius 2 is 2.00 bits per heavy atom. The third-order valence-corrected chi connectivity index (χ3v) is 4.13. The molecule has 1 N–H and O–H groups in total. The largest absolute Gasteiger partial charge is 0.382 e. The minimum atomic E-state index is 0.593. The van der Waals surface area contributed by atoms with Crippen molar-refractivity contribution in [2.24, 2.45) is 0 Å². The second kappa shape index (κ2) is 4.34. The molecule has 0 spiro atoms. The molecule has 1 aromatic rings. The Morgan fingerprint density at radius 3 is 2.76 bits per heavy atom. The summed E-state index contributed by atoms with van der Waals surface area (Å²) in [7, 11) is 0. The van der Waals surface area contributed by atoms with Crippen LogP contribution in [0.15, 0.2) is 18.2 Å². The number of aryl methyl sites for hydroxylation is 1. The lowest BCUT2D eigenvalue weighted by Gasteiger charge is -2.37. The molecule has 1 saturated heterocycles. The lowest BCUT2D eigenvalue weighted by molar-refractivity contribution is 0.223. The van der Waals surface area contributed by atoms with Gasteiger partial charge in [-0.3, -0.25) is 4.90 Å². The predicted octanol–water partition coefficient (Wildman–Crippen LogP) is 3.34. The Bertz CT molecular complexity index is 407. The summed E-state index contributed by atoms with van der Waals surface area (Å²) in [6.07, 6.45) is 4.00. The summed E-state index contributed by atoms with van der Waals surface area (Å²) in [6.45, 7) is 7.06. The van der Waals surface area contributed by atoms with E-state index in [1.807, 2.05) is 0 Å². The number of hydrogen-bond acceptors (Lipinski definition) is 2. The first-order valence-electron chi connectivity index (χ1n) is 6.85. The molecule has 0 aliphatic carbocycles. The van der Waals surface area contributed by atoms with E-state index in [0.717, 1.165) is 0 Å². The summed E-state index contributed by atoms with van der Waals surface area (Å²) in [5, 5.41) is 3.61. The monoisotopic (exact) mass is 230 g/mol. The Hall–Kier alpha value is -1.02. The van der Waals surface area contributed by atoms with Crippen LogP contribution in [-0.4, -0.2) is 24.0 Å². The molecule has 2 nitrogen and oxygen atoms in total. The van der Waals surface area contributed by atoms with Crippen LogP contribution in [0.2, 0.25) is 0 Å². The highest BCUT2D eigenvalue weighted by molar-refractivity contribution is 5.56. The molecule has 2 aliphatic heterocycles.